The summed E-state index contributed by atoms with van der Waals surface area (Å²) in [4.78, 5) is 0.274. The Kier molecular flexibility index (Phi) is 5.87. The summed E-state index contributed by atoms with van der Waals surface area (Å²) in [6.07, 6.45) is 0.826. The van der Waals surface area contributed by atoms with Crippen LogP contribution in [0.25, 0.3) is 0 Å². The first-order valence-corrected chi connectivity index (χ1v) is 8.26. The molecule has 0 aromatic heterocycles. The number of halogens is 1. The van der Waals surface area contributed by atoms with Crippen molar-refractivity contribution < 1.29 is 13.2 Å². The van der Waals surface area contributed by atoms with Crippen molar-refractivity contribution >= 4 is 32.6 Å². The molecule has 18 heavy (non-hydrogen) atoms. The third-order valence-electron chi connectivity index (χ3n) is 2.45. The van der Waals surface area contributed by atoms with Crippen molar-refractivity contribution in [1.82, 2.24) is 4.72 Å². The topological polar surface area (TPSA) is 55.4 Å². The number of methoxy groups -OCH3 is 1. The fraction of sp³-hybridized carbons (Fsp3) is 0.500. The van der Waals surface area contributed by atoms with Gasteiger partial charge in [-0.05, 0) is 53.1 Å². The van der Waals surface area contributed by atoms with Gasteiger partial charge in [-0.1, -0.05) is 13.8 Å². The van der Waals surface area contributed by atoms with Crippen molar-refractivity contribution in [1.29, 1.82) is 0 Å². The van der Waals surface area contributed by atoms with Gasteiger partial charge in [0.05, 0.1) is 15.6 Å². The molecule has 0 unspecified atom stereocenters. The van der Waals surface area contributed by atoms with E-state index in [1.54, 1.807) is 25.3 Å². The first-order chi connectivity index (χ1) is 8.36. The lowest BCUT2D eigenvalue weighted by Crippen LogP contribution is -2.25. The molecule has 0 saturated carbocycles. The van der Waals surface area contributed by atoms with Gasteiger partial charge in [-0.2, -0.15) is 0 Å². The zero-order valence-electron chi connectivity index (χ0n) is 10.7. The van der Waals surface area contributed by atoms with Gasteiger partial charge >= 0.3 is 0 Å². The summed E-state index contributed by atoms with van der Waals surface area (Å²) in [5.41, 5.74) is 0. The van der Waals surface area contributed by atoms with Crippen LogP contribution in [0.2, 0.25) is 0 Å². The third kappa shape index (κ3) is 4.40. The zero-order valence-corrected chi connectivity index (χ0v) is 13.7. The predicted octanol–water partition coefficient (Wildman–Crippen LogP) is 2.62. The highest BCUT2D eigenvalue weighted by Gasteiger charge is 2.15. The molecule has 0 bridgehead atoms. The van der Waals surface area contributed by atoms with Crippen LogP contribution in [0.5, 0.6) is 5.75 Å². The van der Waals surface area contributed by atoms with Crippen LogP contribution in [0.3, 0.4) is 0 Å². The van der Waals surface area contributed by atoms with Gasteiger partial charge in [0.15, 0.2) is 0 Å². The van der Waals surface area contributed by atoms with E-state index >= 15 is 0 Å². The van der Waals surface area contributed by atoms with Crippen molar-refractivity contribution in [3.8, 4) is 5.75 Å². The maximum Gasteiger partial charge on any atom is 0.240 e. The molecule has 0 amide bonds. The van der Waals surface area contributed by atoms with E-state index in [-0.39, 0.29) is 4.90 Å². The maximum atomic E-state index is 12.0. The molecule has 4 nitrogen and oxygen atoms in total. The van der Waals surface area contributed by atoms with Crippen LogP contribution in [0.15, 0.2) is 23.1 Å². The van der Waals surface area contributed by atoms with Gasteiger partial charge in [-0.15, -0.1) is 0 Å². The fourth-order valence-electron chi connectivity index (χ4n) is 1.38. The summed E-state index contributed by atoms with van der Waals surface area (Å²) in [7, 11) is -1.85. The number of sulfonamides is 1. The fourth-order valence-corrected chi connectivity index (χ4v) is 3.40. The quantitative estimate of drug-likeness (QED) is 0.769. The molecule has 102 valence electrons. The zero-order chi connectivity index (χ0) is 13.8. The van der Waals surface area contributed by atoms with Gasteiger partial charge in [-0.25, -0.2) is 13.1 Å². The minimum atomic E-state index is -3.41. The highest BCUT2D eigenvalue weighted by atomic mass is 127. The van der Waals surface area contributed by atoms with Gasteiger partial charge in [-0.3, -0.25) is 0 Å². The lowest BCUT2D eigenvalue weighted by molar-refractivity contribution is 0.411. The average molecular weight is 383 g/mol. The van der Waals surface area contributed by atoms with Crippen molar-refractivity contribution in [3.05, 3.63) is 21.8 Å². The molecule has 0 fully saturated rings. The summed E-state index contributed by atoms with van der Waals surface area (Å²) >= 11 is 2.06. The number of rotatable bonds is 6. The lowest BCUT2D eigenvalue weighted by atomic mass is 10.1. The number of benzene rings is 1. The van der Waals surface area contributed by atoms with Crippen LogP contribution in [0, 0.1) is 9.49 Å². The second-order valence-corrected chi connectivity index (χ2v) is 7.31. The number of ether oxygens (including phenoxy) is 1. The third-order valence-corrected chi connectivity index (χ3v) is 4.75. The van der Waals surface area contributed by atoms with Crippen molar-refractivity contribution in [2.24, 2.45) is 5.92 Å². The Morgan fingerprint density at radius 1 is 1.39 bits per heavy atom. The molecule has 0 aliphatic carbocycles. The SMILES string of the molecule is COc1ccc(S(=O)(=O)NCCC(C)C)cc1I. The van der Waals surface area contributed by atoms with E-state index in [0.717, 1.165) is 9.99 Å². The summed E-state index contributed by atoms with van der Waals surface area (Å²) in [5.74, 6) is 1.15. The first-order valence-electron chi connectivity index (χ1n) is 5.70. The van der Waals surface area contributed by atoms with Crippen LogP contribution >= 0.6 is 22.6 Å². The number of hydrogen-bond acceptors (Lipinski definition) is 3. The van der Waals surface area contributed by atoms with E-state index < -0.39 is 10.0 Å². The summed E-state index contributed by atoms with van der Waals surface area (Å²) in [6.45, 7) is 4.58. The van der Waals surface area contributed by atoms with E-state index in [1.165, 1.54) is 0 Å². The molecule has 1 N–H and O–H groups in total. The largest absolute Gasteiger partial charge is 0.496 e. The van der Waals surface area contributed by atoms with E-state index in [9.17, 15) is 8.42 Å². The van der Waals surface area contributed by atoms with E-state index in [1.807, 2.05) is 0 Å². The predicted molar refractivity (Wildman–Crippen MR) is 80.4 cm³/mol. The second-order valence-electron chi connectivity index (χ2n) is 4.38. The Labute approximate surface area is 122 Å². The molecule has 0 radical (unpaired) electrons. The number of hydrogen-bond donors (Lipinski definition) is 1. The lowest BCUT2D eigenvalue weighted by Gasteiger charge is -2.10. The minimum Gasteiger partial charge on any atom is -0.496 e. The molecule has 0 aliphatic heterocycles. The standard InChI is InChI=1S/C12H18INO3S/c1-9(2)6-7-14-18(15,16)10-4-5-12(17-3)11(13)8-10/h4-5,8-9,14H,6-7H2,1-3H3. The van der Waals surface area contributed by atoms with Crippen LogP contribution < -0.4 is 9.46 Å². The Bertz CT molecular complexity index is 500. The van der Waals surface area contributed by atoms with Crippen LogP contribution in [-0.2, 0) is 10.0 Å². The maximum absolute atomic E-state index is 12.0. The monoisotopic (exact) mass is 383 g/mol. The molecule has 0 saturated heterocycles. The molecule has 1 aromatic rings. The first kappa shape index (κ1) is 15.7. The molecule has 0 atom stereocenters. The molecular formula is C12H18INO3S. The van der Waals surface area contributed by atoms with Gasteiger partial charge in [0, 0.05) is 6.54 Å². The Balaban J connectivity index is 2.82. The van der Waals surface area contributed by atoms with Crippen molar-refractivity contribution in [3.63, 3.8) is 0 Å². The van der Waals surface area contributed by atoms with Crippen molar-refractivity contribution in [2.45, 2.75) is 25.2 Å². The second kappa shape index (κ2) is 6.72. The molecule has 0 spiro atoms. The molecule has 6 heteroatoms. The molecule has 1 aromatic carbocycles. The van der Waals surface area contributed by atoms with Gasteiger partial charge in [0.1, 0.15) is 5.75 Å². The Morgan fingerprint density at radius 2 is 2.06 bits per heavy atom. The normalized spacial score (nSPS) is 11.8. The minimum absolute atomic E-state index is 0.274. The Hall–Kier alpha value is -0.340. The number of nitrogens with one attached hydrogen (secondary N) is 1. The summed E-state index contributed by atoms with van der Waals surface area (Å²) in [6, 6.07) is 4.83. The molecule has 0 aliphatic rings. The van der Waals surface area contributed by atoms with Crippen molar-refractivity contribution in [2.75, 3.05) is 13.7 Å². The van der Waals surface area contributed by atoms with Gasteiger partial charge in [0.2, 0.25) is 10.0 Å². The van der Waals surface area contributed by atoms with Gasteiger partial charge < -0.3 is 4.74 Å². The summed E-state index contributed by atoms with van der Waals surface area (Å²) < 4.78 is 32.5. The van der Waals surface area contributed by atoms with Crippen LogP contribution in [-0.4, -0.2) is 22.1 Å². The van der Waals surface area contributed by atoms with Crippen LogP contribution in [0.4, 0.5) is 0 Å². The van der Waals surface area contributed by atoms with E-state index in [4.69, 9.17) is 4.74 Å². The smallest absolute Gasteiger partial charge is 0.240 e. The Morgan fingerprint density at radius 3 is 2.56 bits per heavy atom. The molecule has 0 heterocycles. The summed E-state index contributed by atoms with van der Waals surface area (Å²) in [5, 5.41) is 0. The highest BCUT2D eigenvalue weighted by molar-refractivity contribution is 14.1. The molecule has 1 rings (SSSR count). The van der Waals surface area contributed by atoms with Crippen LogP contribution in [0.1, 0.15) is 20.3 Å². The average Bonchev–Trinajstić information content (AvgIpc) is 2.28. The van der Waals surface area contributed by atoms with E-state index in [2.05, 4.69) is 41.2 Å². The van der Waals surface area contributed by atoms with Gasteiger partial charge in [0.25, 0.3) is 0 Å². The highest BCUT2D eigenvalue weighted by Crippen LogP contribution is 2.23. The molecular weight excluding hydrogens is 365 g/mol. The van der Waals surface area contributed by atoms with E-state index in [0.29, 0.717) is 18.2 Å².